The molecule has 0 aliphatic heterocycles. The summed E-state index contributed by atoms with van der Waals surface area (Å²) in [5, 5.41) is 0. The summed E-state index contributed by atoms with van der Waals surface area (Å²) >= 11 is 0. The van der Waals surface area contributed by atoms with Crippen molar-refractivity contribution in [3.63, 3.8) is 0 Å². The van der Waals surface area contributed by atoms with E-state index in [2.05, 4.69) is 6.92 Å². The molecule has 3 unspecified atom stereocenters. The van der Waals surface area contributed by atoms with Gasteiger partial charge in [-0.3, -0.25) is 0 Å². The van der Waals surface area contributed by atoms with Gasteiger partial charge in [0.2, 0.25) is 0 Å². The van der Waals surface area contributed by atoms with Gasteiger partial charge < -0.3 is 5.73 Å². The summed E-state index contributed by atoms with van der Waals surface area (Å²) < 4.78 is 26.9. The van der Waals surface area contributed by atoms with Gasteiger partial charge in [0.05, 0.1) is 0 Å². The van der Waals surface area contributed by atoms with Crippen molar-refractivity contribution in [1.29, 1.82) is 0 Å². The van der Waals surface area contributed by atoms with E-state index >= 15 is 0 Å². The fourth-order valence-electron chi connectivity index (χ4n) is 2.00. The Labute approximate surface area is 88.3 Å². The second-order valence-corrected chi connectivity index (χ2v) is 4.50. The molecule has 1 aliphatic rings. The van der Waals surface area contributed by atoms with E-state index < -0.39 is 11.6 Å². The molecule has 0 radical (unpaired) electrons. The van der Waals surface area contributed by atoms with Crippen molar-refractivity contribution in [3.05, 3.63) is 34.9 Å². The van der Waals surface area contributed by atoms with Crippen LogP contribution in [0.3, 0.4) is 0 Å². The van der Waals surface area contributed by atoms with Gasteiger partial charge in [-0.2, -0.15) is 0 Å². The number of nitrogens with two attached hydrogens (primary N) is 1. The molecule has 2 N–H and O–H groups in total. The molecule has 0 heterocycles. The Morgan fingerprint density at radius 1 is 1.33 bits per heavy atom. The molecule has 82 valence electrons. The summed E-state index contributed by atoms with van der Waals surface area (Å²) in [5.74, 6) is -0.705. The smallest absolute Gasteiger partial charge is 0.163 e. The van der Waals surface area contributed by atoms with E-state index in [4.69, 9.17) is 5.73 Å². The minimum absolute atomic E-state index is 0.307. The molecule has 2 rings (SSSR count). The van der Waals surface area contributed by atoms with Crippen molar-refractivity contribution >= 4 is 0 Å². The Kier molecular flexibility index (Phi) is 2.51. The van der Waals surface area contributed by atoms with Crippen LogP contribution < -0.4 is 5.73 Å². The highest BCUT2D eigenvalue weighted by molar-refractivity contribution is 5.29. The van der Waals surface area contributed by atoms with E-state index in [9.17, 15) is 8.78 Å². The van der Waals surface area contributed by atoms with E-state index in [1.165, 1.54) is 0 Å². The summed E-state index contributed by atoms with van der Waals surface area (Å²) in [4.78, 5) is 0. The first-order valence-electron chi connectivity index (χ1n) is 5.22. The number of hydrogen-bond acceptors (Lipinski definition) is 1. The van der Waals surface area contributed by atoms with Crippen molar-refractivity contribution in [2.24, 2.45) is 17.6 Å². The predicted octanol–water partition coefficient (Wildman–Crippen LogP) is 2.93. The van der Waals surface area contributed by atoms with Gasteiger partial charge in [0, 0.05) is 11.6 Å². The van der Waals surface area contributed by atoms with Gasteiger partial charge in [0.25, 0.3) is 0 Å². The van der Waals surface area contributed by atoms with Gasteiger partial charge in [-0.25, -0.2) is 8.78 Å². The maximum absolute atomic E-state index is 13.6. The van der Waals surface area contributed by atoms with Gasteiger partial charge >= 0.3 is 0 Å². The second-order valence-electron chi connectivity index (χ2n) is 4.50. The molecule has 15 heavy (non-hydrogen) atoms. The van der Waals surface area contributed by atoms with Crippen molar-refractivity contribution < 1.29 is 8.78 Å². The fraction of sp³-hybridized carbons (Fsp3) is 0.500. The molecule has 1 saturated carbocycles. The lowest BCUT2D eigenvalue weighted by molar-refractivity contribution is 0.471. The molecule has 0 saturated heterocycles. The quantitative estimate of drug-likeness (QED) is 0.799. The number of hydrogen-bond donors (Lipinski definition) is 1. The molecule has 1 aromatic rings. The molecular weight excluding hydrogens is 196 g/mol. The Bertz CT molecular complexity index is 389. The minimum Gasteiger partial charge on any atom is -0.324 e. The molecule has 0 bridgehead atoms. The maximum Gasteiger partial charge on any atom is 0.163 e. The highest BCUT2D eigenvalue weighted by Crippen LogP contribution is 2.46. The first-order valence-corrected chi connectivity index (χ1v) is 5.22. The van der Waals surface area contributed by atoms with Crippen LogP contribution in [0.15, 0.2) is 12.1 Å². The highest BCUT2D eigenvalue weighted by atomic mass is 19.2. The third-order valence-corrected chi connectivity index (χ3v) is 3.30. The standard InChI is InChI=1S/C12H15F2N/c1-6-3-4-8(11(14)10(6)13)12(15)9-5-7(9)2/h3-4,7,9,12H,5,15H2,1-2H3. The normalized spacial score (nSPS) is 26.5. The van der Waals surface area contributed by atoms with E-state index in [-0.39, 0.29) is 6.04 Å². The van der Waals surface area contributed by atoms with Crippen molar-refractivity contribution in [1.82, 2.24) is 0 Å². The zero-order valence-electron chi connectivity index (χ0n) is 8.93. The number of benzene rings is 1. The Hall–Kier alpha value is -0.960. The minimum atomic E-state index is -0.776. The zero-order valence-corrected chi connectivity index (χ0v) is 8.93. The highest BCUT2D eigenvalue weighted by Gasteiger charge is 2.39. The lowest BCUT2D eigenvalue weighted by Gasteiger charge is -2.13. The molecule has 1 aromatic carbocycles. The number of rotatable bonds is 2. The van der Waals surface area contributed by atoms with Crippen LogP contribution in [0.1, 0.15) is 30.5 Å². The van der Waals surface area contributed by atoms with Gasteiger partial charge in [-0.15, -0.1) is 0 Å². The van der Waals surface area contributed by atoms with E-state index in [0.717, 1.165) is 6.42 Å². The SMILES string of the molecule is Cc1ccc(C(N)C2CC2C)c(F)c1F. The molecule has 0 spiro atoms. The van der Waals surface area contributed by atoms with Crippen LogP contribution >= 0.6 is 0 Å². The number of aryl methyl sites for hydroxylation is 1. The monoisotopic (exact) mass is 211 g/mol. The average Bonchev–Trinajstić information content (AvgIpc) is 2.91. The average molecular weight is 211 g/mol. The van der Waals surface area contributed by atoms with Crippen LogP contribution in [0, 0.1) is 30.4 Å². The summed E-state index contributed by atoms with van der Waals surface area (Å²) in [6, 6.07) is 2.82. The van der Waals surface area contributed by atoms with Crippen LogP contribution in [0.2, 0.25) is 0 Å². The fourth-order valence-corrected chi connectivity index (χ4v) is 2.00. The van der Waals surface area contributed by atoms with Crippen LogP contribution in [0.25, 0.3) is 0 Å². The molecule has 1 nitrogen and oxygen atoms in total. The molecule has 1 aliphatic carbocycles. The maximum atomic E-state index is 13.6. The van der Waals surface area contributed by atoms with E-state index in [1.54, 1.807) is 19.1 Å². The number of halogens is 2. The van der Waals surface area contributed by atoms with Crippen LogP contribution in [0.4, 0.5) is 8.78 Å². The molecule has 0 amide bonds. The van der Waals surface area contributed by atoms with Crippen LogP contribution in [-0.2, 0) is 0 Å². The topological polar surface area (TPSA) is 26.0 Å². The molecule has 0 aromatic heterocycles. The Morgan fingerprint density at radius 3 is 2.47 bits per heavy atom. The molecule has 3 atom stereocenters. The van der Waals surface area contributed by atoms with Crippen molar-refractivity contribution in [3.8, 4) is 0 Å². The van der Waals surface area contributed by atoms with E-state index in [0.29, 0.717) is 23.0 Å². The van der Waals surface area contributed by atoms with Gasteiger partial charge in [0.1, 0.15) is 0 Å². The van der Waals surface area contributed by atoms with Gasteiger partial charge in [-0.1, -0.05) is 19.1 Å². The van der Waals surface area contributed by atoms with Crippen LogP contribution in [0.5, 0.6) is 0 Å². The van der Waals surface area contributed by atoms with Gasteiger partial charge in [0.15, 0.2) is 11.6 Å². The lowest BCUT2D eigenvalue weighted by atomic mass is 10.00. The van der Waals surface area contributed by atoms with Gasteiger partial charge in [-0.05, 0) is 30.7 Å². The molecule has 1 fully saturated rings. The lowest BCUT2D eigenvalue weighted by Crippen LogP contribution is -2.16. The van der Waals surface area contributed by atoms with Crippen molar-refractivity contribution in [2.75, 3.05) is 0 Å². The molecular formula is C12H15F2N. The van der Waals surface area contributed by atoms with E-state index in [1.807, 2.05) is 0 Å². The summed E-state index contributed by atoms with van der Waals surface area (Å²) in [5.41, 5.74) is 6.54. The van der Waals surface area contributed by atoms with Crippen LogP contribution in [-0.4, -0.2) is 0 Å². The largest absolute Gasteiger partial charge is 0.324 e. The first-order chi connectivity index (χ1) is 7.02. The Morgan fingerprint density at radius 2 is 1.93 bits per heavy atom. The third kappa shape index (κ3) is 1.76. The Balaban J connectivity index is 2.32. The first kappa shape index (κ1) is 10.6. The summed E-state index contributed by atoms with van der Waals surface area (Å²) in [6.07, 6.45) is 1.01. The molecule has 3 heteroatoms. The second kappa shape index (κ2) is 3.56. The summed E-state index contributed by atoms with van der Waals surface area (Å²) in [6.45, 7) is 3.63. The van der Waals surface area contributed by atoms with Crippen molar-refractivity contribution in [2.45, 2.75) is 26.3 Å². The summed E-state index contributed by atoms with van der Waals surface area (Å²) in [7, 11) is 0. The predicted molar refractivity (Wildman–Crippen MR) is 55.3 cm³/mol. The zero-order chi connectivity index (χ0) is 11.2. The third-order valence-electron chi connectivity index (χ3n) is 3.30.